The predicted octanol–water partition coefficient (Wildman–Crippen LogP) is 2.78. The zero-order valence-corrected chi connectivity index (χ0v) is 12.2. The van der Waals surface area contributed by atoms with Crippen LogP contribution in [0.2, 0.25) is 0 Å². The van der Waals surface area contributed by atoms with E-state index < -0.39 is 0 Å². The van der Waals surface area contributed by atoms with Crippen LogP contribution < -0.4 is 11.1 Å². The van der Waals surface area contributed by atoms with Crippen LogP contribution in [0.15, 0.2) is 48.5 Å². The molecule has 0 aliphatic heterocycles. The minimum absolute atomic E-state index is 0.0492. The van der Waals surface area contributed by atoms with Crippen molar-refractivity contribution in [3.05, 3.63) is 65.2 Å². The van der Waals surface area contributed by atoms with Gasteiger partial charge in [0, 0.05) is 22.4 Å². The second-order valence-corrected chi connectivity index (χ2v) is 4.97. The van der Waals surface area contributed by atoms with Gasteiger partial charge >= 0.3 is 0 Å². The third-order valence-corrected chi connectivity index (χ3v) is 3.19. The molecule has 0 heterocycles. The van der Waals surface area contributed by atoms with Crippen LogP contribution in [-0.4, -0.2) is 16.7 Å². The van der Waals surface area contributed by atoms with Crippen molar-refractivity contribution in [1.29, 1.82) is 0 Å². The van der Waals surface area contributed by atoms with Crippen LogP contribution in [0.3, 0.4) is 0 Å². The fourth-order valence-corrected chi connectivity index (χ4v) is 1.94. The maximum atomic E-state index is 12.1. The smallest absolute Gasteiger partial charge is 0.255 e. The molecular formula is C16H14N2O2S. The Morgan fingerprint density at radius 3 is 2.19 bits per heavy atom. The van der Waals surface area contributed by atoms with Crippen LogP contribution in [0, 0.1) is 0 Å². The molecular weight excluding hydrogens is 284 g/mol. The number of benzene rings is 2. The molecule has 5 heteroatoms. The molecule has 0 saturated heterocycles. The average Bonchev–Trinajstić information content (AvgIpc) is 2.47. The molecule has 21 heavy (non-hydrogen) atoms. The van der Waals surface area contributed by atoms with Gasteiger partial charge < -0.3 is 11.1 Å². The van der Waals surface area contributed by atoms with E-state index in [4.69, 9.17) is 18.0 Å². The first-order valence-corrected chi connectivity index (χ1v) is 6.70. The molecule has 0 bridgehead atoms. The van der Waals surface area contributed by atoms with E-state index in [0.29, 0.717) is 22.4 Å². The van der Waals surface area contributed by atoms with E-state index in [1.807, 2.05) is 0 Å². The molecule has 0 spiro atoms. The highest BCUT2D eigenvalue weighted by atomic mass is 32.1. The van der Waals surface area contributed by atoms with Crippen LogP contribution in [0.4, 0.5) is 5.69 Å². The van der Waals surface area contributed by atoms with Gasteiger partial charge in [-0.1, -0.05) is 36.5 Å². The van der Waals surface area contributed by atoms with E-state index in [0.717, 1.165) is 0 Å². The van der Waals surface area contributed by atoms with Gasteiger partial charge in [-0.15, -0.1) is 0 Å². The summed E-state index contributed by atoms with van der Waals surface area (Å²) in [5.74, 6) is -0.308. The number of carbonyl (C=O) groups is 2. The molecule has 2 rings (SSSR count). The number of thiocarbonyl (C=S) groups is 1. The summed E-state index contributed by atoms with van der Waals surface area (Å²) in [6, 6.07) is 13.5. The summed E-state index contributed by atoms with van der Waals surface area (Å²) in [5, 5.41) is 2.75. The van der Waals surface area contributed by atoms with Crippen LogP contribution in [0.1, 0.15) is 33.2 Å². The molecule has 0 aliphatic rings. The number of amides is 1. The fraction of sp³-hybridized carbons (Fsp3) is 0.0625. The zero-order valence-electron chi connectivity index (χ0n) is 11.4. The Labute approximate surface area is 128 Å². The van der Waals surface area contributed by atoms with E-state index in [2.05, 4.69) is 5.32 Å². The molecule has 1 amide bonds. The summed E-state index contributed by atoms with van der Waals surface area (Å²) in [7, 11) is 0. The normalized spacial score (nSPS) is 9.95. The van der Waals surface area contributed by atoms with Crippen LogP contribution >= 0.6 is 12.2 Å². The summed E-state index contributed by atoms with van der Waals surface area (Å²) < 4.78 is 0. The third-order valence-electron chi connectivity index (χ3n) is 2.96. The second kappa shape index (κ2) is 6.28. The van der Waals surface area contributed by atoms with Crippen molar-refractivity contribution in [2.75, 3.05) is 5.32 Å². The van der Waals surface area contributed by atoms with Gasteiger partial charge in [-0.3, -0.25) is 9.59 Å². The van der Waals surface area contributed by atoms with Crippen molar-refractivity contribution < 1.29 is 9.59 Å². The highest BCUT2D eigenvalue weighted by Gasteiger charge is 2.08. The summed E-state index contributed by atoms with van der Waals surface area (Å²) in [5.41, 5.74) is 7.83. The first kappa shape index (κ1) is 14.9. The molecule has 3 N–H and O–H groups in total. The number of nitrogens with one attached hydrogen (secondary N) is 1. The molecule has 0 atom stereocenters. The quantitative estimate of drug-likeness (QED) is 0.672. The lowest BCUT2D eigenvalue weighted by Crippen LogP contribution is -2.13. The maximum absolute atomic E-state index is 12.1. The first-order valence-electron chi connectivity index (χ1n) is 6.29. The summed E-state index contributed by atoms with van der Waals surface area (Å²) in [6.45, 7) is 1.48. The average molecular weight is 298 g/mol. The van der Waals surface area contributed by atoms with Crippen LogP contribution in [0.5, 0.6) is 0 Å². The summed E-state index contributed by atoms with van der Waals surface area (Å²) in [6.07, 6.45) is 0. The first-order chi connectivity index (χ1) is 9.97. The highest BCUT2D eigenvalue weighted by Crippen LogP contribution is 2.13. The Balaban J connectivity index is 2.16. The number of hydrogen-bond donors (Lipinski definition) is 2. The van der Waals surface area contributed by atoms with Crippen molar-refractivity contribution in [3.63, 3.8) is 0 Å². The minimum atomic E-state index is -0.259. The number of anilines is 1. The van der Waals surface area contributed by atoms with E-state index >= 15 is 0 Å². The Morgan fingerprint density at radius 2 is 1.62 bits per heavy atom. The van der Waals surface area contributed by atoms with Gasteiger partial charge in [0.05, 0.1) is 0 Å². The number of carbonyl (C=O) groups excluding carboxylic acids is 2. The summed E-state index contributed by atoms with van der Waals surface area (Å²) in [4.78, 5) is 23.7. The van der Waals surface area contributed by atoms with Crippen molar-refractivity contribution in [3.8, 4) is 0 Å². The molecule has 0 unspecified atom stereocenters. The van der Waals surface area contributed by atoms with Gasteiger partial charge in [-0.25, -0.2) is 0 Å². The van der Waals surface area contributed by atoms with Gasteiger partial charge in [0.1, 0.15) is 4.99 Å². The lowest BCUT2D eigenvalue weighted by Gasteiger charge is -2.07. The van der Waals surface area contributed by atoms with Gasteiger partial charge in [-0.2, -0.15) is 0 Å². The van der Waals surface area contributed by atoms with E-state index in [1.165, 1.54) is 6.92 Å². The number of nitrogens with two attached hydrogens (primary N) is 1. The van der Waals surface area contributed by atoms with Gasteiger partial charge in [0.25, 0.3) is 5.91 Å². The molecule has 2 aromatic rings. The number of hydrogen-bond acceptors (Lipinski definition) is 3. The largest absolute Gasteiger partial charge is 0.389 e. The van der Waals surface area contributed by atoms with E-state index in [9.17, 15) is 9.59 Å². The molecule has 0 saturated carbocycles. The molecule has 106 valence electrons. The Kier molecular flexibility index (Phi) is 4.45. The standard InChI is InChI=1S/C16H14N2O2S/c1-10(19)13-3-2-4-14(9-13)18-16(20)12-7-5-11(6-8-12)15(17)21/h2-9H,1H3,(H2,17,21)(H,18,20). The number of rotatable bonds is 4. The summed E-state index contributed by atoms with van der Waals surface area (Å²) >= 11 is 4.86. The van der Waals surface area contributed by atoms with Crippen molar-refractivity contribution in [2.45, 2.75) is 6.92 Å². The van der Waals surface area contributed by atoms with E-state index in [-0.39, 0.29) is 16.7 Å². The molecule has 0 radical (unpaired) electrons. The minimum Gasteiger partial charge on any atom is -0.389 e. The molecule has 4 nitrogen and oxygen atoms in total. The highest BCUT2D eigenvalue weighted by molar-refractivity contribution is 7.80. The van der Waals surface area contributed by atoms with Gasteiger partial charge in [-0.05, 0) is 31.2 Å². The van der Waals surface area contributed by atoms with Crippen molar-refractivity contribution >= 4 is 34.6 Å². The fourth-order valence-electron chi connectivity index (χ4n) is 1.81. The lowest BCUT2D eigenvalue weighted by atomic mass is 10.1. The topological polar surface area (TPSA) is 72.2 Å². The Hall–Kier alpha value is -2.53. The zero-order chi connectivity index (χ0) is 15.4. The van der Waals surface area contributed by atoms with Crippen LogP contribution in [-0.2, 0) is 0 Å². The molecule has 2 aromatic carbocycles. The third kappa shape index (κ3) is 3.73. The molecule has 0 aliphatic carbocycles. The Morgan fingerprint density at radius 1 is 1.00 bits per heavy atom. The van der Waals surface area contributed by atoms with Gasteiger partial charge in [0.15, 0.2) is 5.78 Å². The Bertz CT molecular complexity index is 708. The second-order valence-electron chi connectivity index (χ2n) is 4.53. The molecule has 0 fully saturated rings. The SMILES string of the molecule is CC(=O)c1cccc(NC(=O)c2ccc(C(N)=S)cc2)c1. The predicted molar refractivity (Wildman–Crippen MR) is 86.7 cm³/mol. The monoisotopic (exact) mass is 298 g/mol. The van der Waals surface area contributed by atoms with Crippen LogP contribution in [0.25, 0.3) is 0 Å². The lowest BCUT2D eigenvalue weighted by molar-refractivity contribution is 0.101. The van der Waals surface area contributed by atoms with E-state index in [1.54, 1.807) is 48.5 Å². The number of Topliss-reactive ketones (excluding diaryl/α,β-unsaturated/α-hetero) is 1. The number of ketones is 1. The van der Waals surface area contributed by atoms with Crippen molar-refractivity contribution in [2.24, 2.45) is 5.73 Å². The van der Waals surface area contributed by atoms with Crippen molar-refractivity contribution in [1.82, 2.24) is 0 Å². The molecule has 0 aromatic heterocycles. The maximum Gasteiger partial charge on any atom is 0.255 e. The van der Waals surface area contributed by atoms with Gasteiger partial charge in [0.2, 0.25) is 0 Å².